The predicted molar refractivity (Wildman–Crippen MR) is 98.5 cm³/mol. The van der Waals surface area contributed by atoms with Crippen LogP contribution in [0, 0.1) is 0 Å². The first-order valence-electron chi connectivity index (χ1n) is 8.55. The second kappa shape index (κ2) is 7.86. The maximum Gasteiger partial charge on any atom is 0.323 e. The maximum absolute atomic E-state index is 12.9. The largest absolute Gasteiger partial charge is 0.467 e. The quantitative estimate of drug-likeness (QED) is 0.732. The van der Waals surface area contributed by atoms with Crippen LogP contribution >= 0.6 is 0 Å². The molecule has 0 saturated carbocycles. The van der Waals surface area contributed by atoms with E-state index in [4.69, 9.17) is 4.42 Å². The molecule has 1 N–H and O–H groups in total. The van der Waals surface area contributed by atoms with Crippen LogP contribution in [-0.4, -0.2) is 25.7 Å². The number of rotatable bonds is 6. The fraction of sp³-hybridized carbons (Fsp3) is 0.316. The molecule has 0 aliphatic heterocycles. The number of carbonyl (C=O) groups excluding carboxylic acids is 1. The molecule has 7 heteroatoms. The molecule has 0 aliphatic rings. The van der Waals surface area contributed by atoms with Crippen molar-refractivity contribution in [2.24, 2.45) is 7.05 Å². The van der Waals surface area contributed by atoms with Crippen molar-refractivity contribution in [3.05, 3.63) is 66.0 Å². The molecule has 0 aliphatic carbocycles. The van der Waals surface area contributed by atoms with E-state index in [0.29, 0.717) is 30.6 Å². The Kier molecular flexibility index (Phi) is 5.36. The average Bonchev–Trinajstić information content (AvgIpc) is 3.25. The van der Waals surface area contributed by atoms with E-state index in [-0.39, 0.29) is 6.03 Å². The lowest BCUT2D eigenvalue weighted by Gasteiger charge is -2.21. The van der Waals surface area contributed by atoms with Gasteiger partial charge in [0.25, 0.3) is 0 Å². The lowest BCUT2D eigenvalue weighted by molar-refractivity contribution is 0.200. The van der Waals surface area contributed by atoms with Crippen molar-refractivity contribution in [3.8, 4) is 0 Å². The number of hydrogen-bond donors (Lipinski definition) is 1. The normalized spacial score (nSPS) is 10.9. The zero-order valence-corrected chi connectivity index (χ0v) is 15.2. The number of hydrogen-bond acceptors (Lipinski definition) is 4. The van der Waals surface area contributed by atoms with Crippen LogP contribution in [0.1, 0.15) is 36.9 Å². The van der Waals surface area contributed by atoms with E-state index in [0.717, 1.165) is 11.4 Å². The summed E-state index contributed by atoms with van der Waals surface area (Å²) < 4.78 is 7.08. The van der Waals surface area contributed by atoms with Crippen molar-refractivity contribution in [3.63, 3.8) is 0 Å². The Labute approximate surface area is 152 Å². The van der Waals surface area contributed by atoms with Crippen LogP contribution in [0.5, 0.6) is 0 Å². The van der Waals surface area contributed by atoms with Crippen molar-refractivity contribution in [2.75, 3.05) is 5.32 Å². The molecule has 0 bridgehead atoms. The maximum atomic E-state index is 12.9. The summed E-state index contributed by atoms with van der Waals surface area (Å²) in [5.74, 6) is 1.66. The van der Waals surface area contributed by atoms with Crippen LogP contribution < -0.4 is 5.32 Å². The lowest BCUT2D eigenvalue weighted by Crippen LogP contribution is -2.34. The molecule has 3 aromatic rings. The Morgan fingerprint density at radius 3 is 2.73 bits per heavy atom. The summed E-state index contributed by atoms with van der Waals surface area (Å²) in [5, 5.41) is 7.37. The number of nitrogens with zero attached hydrogens (tertiary/aromatic N) is 4. The SMILES string of the molecule is CC(C)c1cc(NC(=O)N(Cc2ccccn2)Cc2ccco2)n(C)n1. The molecule has 3 heterocycles. The highest BCUT2D eigenvalue weighted by atomic mass is 16.3. The van der Waals surface area contributed by atoms with Crippen molar-refractivity contribution < 1.29 is 9.21 Å². The Morgan fingerprint density at radius 2 is 2.12 bits per heavy atom. The molecule has 0 atom stereocenters. The molecule has 7 nitrogen and oxygen atoms in total. The molecule has 0 radical (unpaired) electrons. The van der Waals surface area contributed by atoms with Crippen LogP contribution in [-0.2, 0) is 20.1 Å². The number of aromatic nitrogens is 3. The minimum atomic E-state index is -0.231. The molecule has 0 spiro atoms. The van der Waals surface area contributed by atoms with Crippen LogP contribution in [0.25, 0.3) is 0 Å². The molecular formula is C19H23N5O2. The van der Waals surface area contributed by atoms with Crippen molar-refractivity contribution in [1.29, 1.82) is 0 Å². The number of furan rings is 1. The number of pyridine rings is 1. The van der Waals surface area contributed by atoms with Crippen LogP contribution in [0.4, 0.5) is 10.6 Å². The molecule has 3 rings (SSSR count). The van der Waals surface area contributed by atoms with E-state index < -0.39 is 0 Å². The fourth-order valence-electron chi connectivity index (χ4n) is 2.55. The smallest absolute Gasteiger partial charge is 0.323 e. The zero-order valence-electron chi connectivity index (χ0n) is 15.2. The van der Waals surface area contributed by atoms with Gasteiger partial charge in [-0.05, 0) is 30.2 Å². The number of carbonyl (C=O) groups is 1. The van der Waals surface area contributed by atoms with Gasteiger partial charge in [-0.2, -0.15) is 5.10 Å². The van der Waals surface area contributed by atoms with Gasteiger partial charge in [0, 0.05) is 19.3 Å². The summed E-state index contributed by atoms with van der Waals surface area (Å²) in [5.41, 5.74) is 1.74. The number of aryl methyl sites for hydroxylation is 1. The fourth-order valence-corrected chi connectivity index (χ4v) is 2.55. The second-order valence-corrected chi connectivity index (χ2v) is 6.42. The summed E-state index contributed by atoms with van der Waals surface area (Å²) >= 11 is 0. The Hall–Kier alpha value is -3.09. The van der Waals surface area contributed by atoms with E-state index in [2.05, 4.69) is 29.2 Å². The summed E-state index contributed by atoms with van der Waals surface area (Å²) in [6.45, 7) is 4.86. The van der Waals surface area contributed by atoms with Crippen molar-refractivity contribution >= 4 is 11.8 Å². The Balaban J connectivity index is 1.77. The zero-order chi connectivity index (χ0) is 18.5. The molecule has 0 unspecified atom stereocenters. The first-order chi connectivity index (χ1) is 12.5. The van der Waals surface area contributed by atoms with Gasteiger partial charge in [0.1, 0.15) is 11.6 Å². The van der Waals surface area contributed by atoms with Gasteiger partial charge in [0.05, 0.1) is 30.7 Å². The number of amides is 2. The van der Waals surface area contributed by atoms with Crippen LogP contribution in [0.15, 0.2) is 53.3 Å². The number of anilines is 1. The first kappa shape index (κ1) is 17.7. The van der Waals surface area contributed by atoms with Gasteiger partial charge in [-0.15, -0.1) is 0 Å². The van der Waals surface area contributed by atoms with Gasteiger partial charge < -0.3 is 9.32 Å². The third-order valence-corrected chi connectivity index (χ3v) is 4.02. The first-order valence-corrected chi connectivity index (χ1v) is 8.55. The third-order valence-electron chi connectivity index (χ3n) is 4.02. The molecule has 3 aromatic heterocycles. The summed E-state index contributed by atoms with van der Waals surface area (Å²) in [6, 6.07) is 11.0. The van der Waals surface area contributed by atoms with Gasteiger partial charge in [-0.3, -0.25) is 15.0 Å². The summed E-state index contributed by atoms with van der Waals surface area (Å²) in [4.78, 5) is 18.8. The molecule has 0 aromatic carbocycles. The molecule has 0 fully saturated rings. The van der Waals surface area contributed by atoms with Crippen LogP contribution in [0.2, 0.25) is 0 Å². The number of urea groups is 1. The minimum Gasteiger partial charge on any atom is -0.467 e. The second-order valence-electron chi connectivity index (χ2n) is 6.42. The average molecular weight is 353 g/mol. The predicted octanol–water partition coefficient (Wildman–Crippen LogP) is 3.77. The monoisotopic (exact) mass is 353 g/mol. The van der Waals surface area contributed by atoms with Gasteiger partial charge in [-0.1, -0.05) is 19.9 Å². The highest BCUT2D eigenvalue weighted by Crippen LogP contribution is 2.18. The van der Waals surface area contributed by atoms with E-state index in [1.54, 1.807) is 22.0 Å². The van der Waals surface area contributed by atoms with Gasteiger partial charge in [-0.25, -0.2) is 4.79 Å². The molecule has 26 heavy (non-hydrogen) atoms. The molecule has 0 saturated heterocycles. The minimum absolute atomic E-state index is 0.231. The van der Waals surface area contributed by atoms with Gasteiger partial charge in [0.15, 0.2) is 0 Å². The topological polar surface area (TPSA) is 76.2 Å². The van der Waals surface area contributed by atoms with Crippen molar-refractivity contribution in [2.45, 2.75) is 32.9 Å². The summed E-state index contributed by atoms with van der Waals surface area (Å²) in [6.07, 6.45) is 3.32. The van der Waals surface area contributed by atoms with E-state index in [1.165, 1.54) is 0 Å². The Bertz CT molecular complexity index is 840. The highest BCUT2D eigenvalue weighted by molar-refractivity contribution is 5.88. The van der Waals surface area contributed by atoms with E-state index in [9.17, 15) is 4.79 Å². The van der Waals surface area contributed by atoms with Gasteiger partial charge >= 0.3 is 6.03 Å². The van der Waals surface area contributed by atoms with E-state index >= 15 is 0 Å². The third kappa shape index (κ3) is 4.30. The molecule has 2 amide bonds. The molecular weight excluding hydrogens is 330 g/mol. The summed E-state index contributed by atoms with van der Waals surface area (Å²) in [7, 11) is 1.82. The molecule has 136 valence electrons. The number of nitrogens with one attached hydrogen (secondary N) is 1. The standard InChI is InChI=1S/C19H23N5O2/c1-14(2)17-11-18(23(3)22-17)21-19(25)24(13-16-8-6-10-26-16)12-15-7-4-5-9-20-15/h4-11,14H,12-13H2,1-3H3,(H,21,25). The van der Waals surface area contributed by atoms with Crippen molar-refractivity contribution in [1.82, 2.24) is 19.7 Å². The highest BCUT2D eigenvalue weighted by Gasteiger charge is 2.19. The van der Waals surface area contributed by atoms with E-state index in [1.807, 2.05) is 43.4 Å². The van der Waals surface area contributed by atoms with Crippen LogP contribution in [0.3, 0.4) is 0 Å². The lowest BCUT2D eigenvalue weighted by atomic mass is 10.1. The Morgan fingerprint density at radius 1 is 1.27 bits per heavy atom. The van der Waals surface area contributed by atoms with Gasteiger partial charge in [0.2, 0.25) is 0 Å².